The highest BCUT2D eigenvalue weighted by atomic mass is 16.1. The molecule has 0 unspecified atom stereocenters. The number of nitrogens with one attached hydrogen (secondary N) is 2. The molecule has 0 radical (unpaired) electrons. The van der Waals surface area contributed by atoms with Crippen molar-refractivity contribution in [2.45, 2.75) is 25.8 Å². The highest BCUT2D eigenvalue weighted by Gasteiger charge is 2.26. The van der Waals surface area contributed by atoms with E-state index in [1.54, 1.807) is 6.92 Å². The molecule has 1 aliphatic heterocycles. The summed E-state index contributed by atoms with van der Waals surface area (Å²) in [7, 11) is 0. The SMILES string of the molecule is Cc1nc(N2CCC(n3c(=O)[nH]c4ccccc43)CC2)c2[nH]c(C(N)=O)nc2n1. The number of aryl methyl sites for hydroxylation is 1. The number of carbonyl (C=O) groups is 1. The van der Waals surface area contributed by atoms with E-state index in [4.69, 9.17) is 5.73 Å². The van der Waals surface area contributed by atoms with Crippen LogP contribution < -0.4 is 16.3 Å². The van der Waals surface area contributed by atoms with Crippen LogP contribution in [0.15, 0.2) is 29.1 Å². The smallest absolute Gasteiger partial charge is 0.326 e. The molecular weight excluding hydrogens is 372 g/mol. The molecule has 4 N–H and O–H groups in total. The maximum absolute atomic E-state index is 12.5. The van der Waals surface area contributed by atoms with Crippen LogP contribution in [0.4, 0.5) is 5.82 Å². The number of hydrogen-bond acceptors (Lipinski definition) is 6. The Morgan fingerprint density at radius 1 is 1.14 bits per heavy atom. The van der Waals surface area contributed by atoms with Crippen LogP contribution in [0.25, 0.3) is 22.2 Å². The van der Waals surface area contributed by atoms with E-state index in [-0.39, 0.29) is 17.6 Å². The molecule has 10 nitrogen and oxygen atoms in total. The Morgan fingerprint density at radius 3 is 2.66 bits per heavy atom. The highest BCUT2D eigenvalue weighted by molar-refractivity contribution is 5.94. The molecular formula is C19H20N8O2. The number of hydrogen-bond donors (Lipinski definition) is 3. The minimum absolute atomic E-state index is 0.0707. The van der Waals surface area contributed by atoms with E-state index in [1.165, 1.54) is 0 Å². The molecule has 1 aliphatic rings. The topological polar surface area (TPSA) is 139 Å². The zero-order valence-corrected chi connectivity index (χ0v) is 15.8. The van der Waals surface area contributed by atoms with Crippen LogP contribution in [0, 0.1) is 6.92 Å². The normalized spacial score (nSPS) is 15.4. The Kier molecular flexibility index (Phi) is 3.86. The number of nitrogens with two attached hydrogens (primary N) is 1. The fourth-order valence-corrected chi connectivity index (χ4v) is 4.11. The summed E-state index contributed by atoms with van der Waals surface area (Å²) in [6.07, 6.45) is 1.59. The van der Waals surface area contributed by atoms with Gasteiger partial charge in [0.15, 0.2) is 17.3 Å². The monoisotopic (exact) mass is 392 g/mol. The number of rotatable bonds is 3. The molecule has 0 bridgehead atoms. The molecule has 0 saturated carbocycles. The Hall–Kier alpha value is -3.69. The number of H-pyrrole nitrogens is 2. The van der Waals surface area contributed by atoms with E-state index in [2.05, 4.69) is 29.8 Å². The number of fused-ring (bicyclic) bond motifs is 2. The first-order valence-corrected chi connectivity index (χ1v) is 9.49. The van der Waals surface area contributed by atoms with E-state index in [0.717, 1.165) is 23.9 Å². The van der Waals surface area contributed by atoms with E-state index in [1.807, 2.05) is 28.8 Å². The van der Waals surface area contributed by atoms with Gasteiger partial charge in [-0.2, -0.15) is 0 Å². The second-order valence-electron chi connectivity index (χ2n) is 7.28. The van der Waals surface area contributed by atoms with Gasteiger partial charge in [-0.05, 0) is 31.9 Å². The molecule has 4 heterocycles. The summed E-state index contributed by atoms with van der Waals surface area (Å²) in [4.78, 5) is 45.0. The van der Waals surface area contributed by atoms with Gasteiger partial charge in [0.25, 0.3) is 5.91 Å². The van der Waals surface area contributed by atoms with E-state index in [9.17, 15) is 9.59 Å². The van der Waals surface area contributed by atoms with Crippen molar-refractivity contribution in [3.63, 3.8) is 0 Å². The molecule has 0 atom stereocenters. The van der Waals surface area contributed by atoms with Crippen molar-refractivity contribution >= 4 is 33.9 Å². The highest BCUT2D eigenvalue weighted by Crippen LogP contribution is 2.30. The van der Waals surface area contributed by atoms with Gasteiger partial charge >= 0.3 is 5.69 Å². The van der Waals surface area contributed by atoms with Gasteiger partial charge in [-0.1, -0.05) is 12.1 Å². The Labute approximate surface area is 164 Å². The van der Waals surface area contributed by atoms with Gasteiger partial charge in [-0.15, -0.1) is 0 Å². The first-order chi connectivity index (χ1) is 14.0. The van der Waals surface area contributed by atoms with Crippen LogP contribution in [-0.4, -0.2) is 48.5 Å². The quantitative estimate of drug-likeness (QED) is 0.479. The van der Waals surface area contributed by atoms with Gasteiger partial charge < -0.3 is 20.6 Å². The fourth-order valence-electron chi connectivity index (χ4n) is 4.11. The number of aromatic amines is 2. The number of primary amides is 1. The third-order valence-corrected chi connectivity index (χ3v) is 5.43. The van der Waals surface area contributed by atoms with Gasteiger partial charge in [0.2, 0.25) is 0 Å². The molecule has 1 fully saturated rings. The molecule has 5 rings (SSSR count). The maximum atomic E-state index is 12.5. The number of nitrogens with zero attached hydrogens (tertiary/aromatic N) is 5. The molecule has 3 aromatic heterocycles. The summed E-state index contributed by atoms with van der Waals surface area (Å²) < 4.78 is 1.86. The largest absolute Gasteiger partial charge is 0.363 e. The van der Waals surface area contributed by atoms with Crippen molar-refractivity contribution in [3.8, 4) is 0 Å². The molecule has 0 spiro atoms. The predicted molar refractivity (Wildman–Crippen MR) is 108 cm³/mol. The van der Waals surface area contributed by atoms with E-state index >= 15 is 0 Å². The standard InChI is InChI=1S/C19H20N8O2/c1-10-21-16-14(24-17(25-16)15(20)28)18(22-10)26-8-6-11(7-9-26)27-13-5-3-2-4-12(13)23-19(27)29/h2-5,11H,6-9H2,1H3,(H2,20,28)(H,23,29)(H,21,22,24,25). The molecule has 29 heavy (non-hydrogen) atoms. The number of carbonyl (C=O) groups excluding carboxylic acids is 1. The van der Waals surface area contributed by atoms with Crippen LogP contribution in [0.3, 0.4) is 0 Å². The van der Waals surface area contributed by atoms with Crippen molar-refractivity contribution in [3.05, 3.63) is 46.4 Å². The number of amides is 1. The van der Waals surface area contributed by atoms with Crippen molar-refractivity contribution in [2.75, 3.05) is 18.0 Å². The summed E-state index contributed by atoms with van der Waals surface area (Å²) in [6.45, 7) is 3.22. The van der Waals surface area contributed by atoms with E-state index < -0.39 is 5.91 Å². The molecule has 4 aromatic rings. The summed E-state index contributed by atoms with van der Waals surface area (Å²) in [6, 6.07) is 7.84. The molecule has 10 heteroatoms. The second kappa shape index (κ2) is 6.43. The summed E-state index contributed by atoms with van der Waals surface area (Å²) in [5, 5.41) is 0. The van der Waals surface area contributed by atoms with Crippen molar-refractivity contribution in [2.24, 2.45) is 5.73 Å². The predicted octanol–water partition coefficient (Wildman–Crippen LogP) is 1.24. The van der Waals surface area contributed by atoms with Gasteiger partial charge in [0, 0.05) is 19.1 Å². The van der Waals surface area contributed by atoms with Gasteiger partial charge in [-0.25, -0.2) is 19.7 Å². The molecule has 1 amide bonds. The zero-order chi connectivity index (χ0) is 20.1. The Morgan fingerprint density at radius 2 is 1.90 bits per heavy atom. The molecule has 1 aromatic carbocycles. The number of anilines is 1. The lowest BCUT2D eigenvalue weighted by Crippen LogP contribution is -2.37. The fraction of sp³-hybridized carbons (Fsp3) is 0.316. The first-order valence-electron chi connectivity index (χ1n) is 9.49. The lowest BCUT2D eigenvalue weighted by molar-refractivity contribution is 0.0991. The third kappa shape index (κ3) is 2.84. The van der Waals surface area contributed by atoms with Gasteiger partial charge in [0.05, 0.1) is 11.0 Å². The average molecular weight is 392 g/mol. The number of para-hydroxylation sites is 2. The van der Waals surface area contributed by atoms with Crippen LogP contribution >= 0.6 is 0 Å². The summed E-state index contributed by atoms with van der Waals surface area (Å²) in [5.41, 5.74) is 8.08. The van der Waals surface area contributed by atoms with Crippen LogP contribution in [0.1, 0.15) is 35.3 Å². The van der Waals surface area contributed by atoms with Crippen LogP contribution in [0.2, 0.25) is 0 Å². The number of piperidine rings is 1. The lowest BCUT2D eigenvalue weighted by Gasteiger charge is -2.33. The Bertz CT molecular complexity index is 1290. The zero-order valence-electron chi connectivity index (χ0n) is 15.8. The number of imidazole rings is 2. The molecule has 148 valence electrons. The minimum atomic E-state index is -0.635. The summed E-state index contributed by atoms with van der Waals surface area (Å²) >= 11 is 0. The van der Waals surface area contributed by atoms with E-state index in [0.29, 0.717) is 35.9 Å². The number of benzene rings is 1. The average Bonchev–Trinajstić information content (AvgIpc) is 3.28. The number of aromatic nitrogens is 6. The Balaban J connectivity index is 1.46. The van der Waals surface area contributed by atoms with Crippen molar-refractivity contribution in [1.82, 2.24) is 29.5 Å². The maximum Gasteiger partial charge on any atom is 0.326 e. The van der Waals surface area contributed by atoms with Crippen LogP contribution in [0.5, 0.6) is 0 Å². The van der Waals surface area contributed by atoms with Gasteiger partial charge in [-0.3, -0.25) is 9.36 Å². The lowest BCUT2D eigenvalue weighted by atomic mass is 10.0. The minimum Gasteiger partial charge on any atom is -0.363 e. The van der Waals surface area contributed by atoms with Crippen molar-refractivity contribution in [1.29, 1.82) is 0 Å². The molecule has 1 saturated heterocycles. The van der Waals surface area contributed by atoms with Crippen LogP contribution in [-0.2, 0) is 0 Å². The molecule has 0 aliphatic carbocycles. The third-order valence-electron chi connectivity index (χ3n) is 5.43. The van der Waals surface area contributed by atoms with Crippen molar-refractivity contribution < 1.29 is 4.79 Å². The van der Waals surface area contributed by atoms with Gasteiger partial charge in [0.1, 0.15) is 11.3 Å². The summed E-state index contributed by atoms with van der Waals surface area (Å²) in [5.74, 6) is 0.715. The first kappa shape index (κ1) is 17.4. The second-order valence-corrected chi connectivity index (χ2v) is 7.28.